The highest BCUT2D eigenvalue weighted by Crippen LogP contribution is 2.38. The molecule has 0 atom stereocenters. The third kappa shape index (κ3) is 4.05. The Bertz CT molecular complexity index is 785. The Morgan fingerprint density at radius 2 is 1.54 bits per heavy atom. The van der Waals surface area contributed by atoms with E-state index in [-0.39, 0.29) is 17.5 Å². The quantitative estimate of drug-likeness (QED) is 0.717. The molecule has 2 aromatic carbocycles. The number of amides is 1. The van der Waals surface area contributed by atoms with Crippen LogP contribution in [0.1, 0.15) is 15.9 Å². The third-order valence-electron chi connectivity index (χ3n) is 3.74. The van der Waals surface area contributed by atoms with Crippen molar-refractivity contribution in [1.82, 2.24) is 5.32 Å². The van der Waals surface area contributed by atoms with Crippen LogP contribution in [0.3, 0.4) is 0 Å². The van der Waals surface area contributed by atoms with Gasteiger partial charge in [-0.05, 0) is 23.8 Å². The zero-order valence-electron chi connectivity index (χ0n) is 15.0. The fraction of sp³-hybridized carbons (Fsp3) is 0.278. The van der Waals surface area contributed by atoms with Crippen LogP contribution in [-0.2, 0) is 6.54 Å². The van der Waals surface area contributed by atoms with Gasteiger partial charge in [-0.2, -0.15) is 0 Å². The number of nitrogen functional groups attached to an aromatic ring is 1. The van der Waals surface area contributed by atoms with Crippen LogP contribution < -0.4 is 30.0 Å². The standard InChI is InChI=1S/C18H21ClN2O5/c1-23-14-8-13(20)12(19)7-11(14)18(22)21-9-10-5-15(24-2)17(26-4)16(6-10)25-3/h5-8H,9,20H2,1-4H3,(H,21,22). The van der Waals surface area contributed by atoms with Gasteiger partial charge in [0, 0.05) is 12.6 Å². The van der Waals surface area contributed by atoms with Gasteiger partial charge in [0.05, 0.1) is 44.7 Å². The van der Waals surface area contributed by atoms with E-state index in [0.717, 1.165) is 5.56 Å². The minimum absolute atomic E-state index is 0.237. The van der Waals surface area contributed by atoms with Gasteiger partial charge in [0.15, 0.2) is 11.5 Å². The van der Waals surface area contributed by atoms with Crippen LogP contribution in [-0.4, -0.2) is 34.3 Å². The number of hydrogen-bond donors (Lipinski definition) is 2. The molecule has 0 radical (unpaired) electrons. The van der Waals surface area contributed by atoms with Gasteiger partial charge in [-0.25, -0.2) is 0 Å². The van der Waals surface area contributed by atoms with E-state index < -0.39 is 0 Å². The molecule has 0 aliphatic carbocycles. The van der Waals surface area contributed by atoms with E-state index in [9.17, 15) is 4.79 Å². The summed E-state index contributed by atoms with van der Waals surface area (Å²) in [4.78, 5) is 12.5. The lowest BCUT2D eigenvalue weighted by molar-refractivity contribution is 0.0948. The van der Waals surface area contributed by atoms with Crippen molar-refractivity contribution in [2.24, 2.45) is 0 Å². The number of carbonyl (C=O) groups is 1. The highest BCUT2D eigenvalue weighted by Gasteiger charge is 2.17. The lowest BCUT2D eigenvalue weighted by Gasteiger charge is -2.15. The Hall–Kier alpha value is -2.80. The van der Waals surface area contributed by atoms with Crippen molar-refractivity contribution in [1.29, 1.82) is 0 Å². The zero-order chi connectivity index (χ0) is 19.3. The molecule has 0 bridgehead atoms. The van der Waals surface area contributed by atoms with Gasteiger partial charge >= 0.3 is 0 Å². The lowest BCUT2D eigenvalue weighted by Crippen LogP contribution is -2.23. The van der Waals surface area contributed by atoms with Crippen molar-refractivity contribution < 1.29 is 23.7 Å². The van der Waals surface area contributed by atoms with Crippen molar-refractivity contribution in [3.63, 3.8) is 0 Å². The molecule has 2 aromatic rings. The second kappa shape index (κ2) is 8.53. The summed E-state index contributed by atoms with van der Waals surface area (Å²) in [7, 11) is 6.04. The second-order valence-electron chi connectivity index (χ2n) is 5.29. The summed E-state index contributed by atoms with van der Waals surface area (Å²) in [6, 6.07) is 6.50. The average molecular weight is 381 g/mol. The molecule has 0 heterocycles. The minimum atomic E-state index is -0.350. The Balaban J connectivity index is 2.24. The first-order valence-corrected chi connectivity index (χ1v) is 8.03. The smallest absolute Gasteiger partial charge is 0.255 e. The van der Waals surface area contributed by atoms with Crippen molar-refractivity contribution in [3.05, 3.63) is 40.4 Å². The molecule has 3 N–H and O–H groups in total. The summed E-state index contributed by atoms with van der Waals surface area (Å²) in [5.74, 6) is 1.48. The molecule has 0 unspecified atom stereocenters. The van der Waals surface area contributed by atoms with Crippen molar-refractivity contribution >= 4 is 23.2 Å². The summed E-state index contributed by atoms with van der Waals surface area (Å²) >= 11 is 6.01. The first kappa shape index (κ1) is 19.5. The number of methoxy groups -OCH3 is 4. The Kier molecular flexibility index (Phi) is 6.41. The summed E-state index contributed by atoms with van der Waals surface area (Å²) in [6.07, 6.45) is 0. The normalized spacial score (nSPS) is 10.2. The van der Waals surface area contributed by atoms with Gasteiger partial charge in [-0.1, -0.05) is 11.6 Å². The number of benzene rings is 2. The number of anilines is 1. The molecule has 0 saturated heterocycles. The van der Waals surface area contributed by atoms with E-state index in [4.69, 9.17) is 36.3 Å². The predicted octanol–water partition coefficient (Wildman–Crippen LogP) is 2.89. The number of nitrogens with two attached hydrogens (primary N) is 1. The number of hydrogen-bond acceptors (Lipinski definition) is 6. The van der Waals surface area contributed by atoms with Gasteiger partial charge in [0.2, 0.25) is 5.75 Å². The number of ether oxygens (including phenoxy) is 4. The molecular weight excluding hydrogens is 360 g/mol. The topological polar surface area (TPSA) is 92.0 Å². The Morgan fingerprint density at radius 1 is 0.962 bits per heavy atom. The maximum absolute atomic E-state index is 12.5. The Morgan fingerprint density at radius 3 is 2.04 bits per heavy atom. The van der Waals surface area contributed by atoms with E-state index in [1.54, 1.807) is 12.1 Å². The highest BCUT2D eigenvalue weighted by atomic mass is 35.5. The summed E-state index contributed by atoms with van der Waals surface area (Å²) in [6.45, 7) is 0.237. The molecule has 0 aromatic heterocycles. The van der Waals surface area contributed by atoms with E-state index in [0.29, 0.717) is 34.2 Å². The SMILES string of the molecule is COc1cc(N)c(Cl)cc1C(=O)NCc1cc(OC)c(OC)c(OC)c1. The first-order chi connectivity index (χ1) is 12.4. The first-order valence-electron chi connectivity index (χ1n) is 7.65. The summed E-state index contributed by atoms with van der Waals surface area (Å²) < 4.78 is 21.1. The van der Waals surface area contributed by atoms with Gasteiger partial charge in [-0.15, -0.1) is 0 Å². The van der Waals surface area contributed by atoms with Crippen LogP contribution in [0.4, 0.5) is 5.69 Å². The van der Waals surface area contributed by atoms with Crippen LogP contribution in [0, 0.1) is 0 Å². The van der Waals surface area contributed by atoms with Gasteiger partial charge in [0.25, 0.3) is 5.91 Å². The fourth-order valence-corrected chi connectivity index (χ4v) is 2.59. The highest BCUT2D eigenvalue weighted by molar-refractivity contribution is 6.33. The molecule has 1 amide bonds. The number of rotatable bonds is 7. The molecule has 0 fully saturated rings. The van der Waals surface area contributed by atoms with E-state index in [1.165, 1.54) is 40.6 Å². The van der Waals surface area contributed by atoms with Crippen LogP contribution in [0.2, 0.25) is 5.02 Å². The van der Waals surface area contributed by atoms with Gasteiger partial charge < -0.3 is 30.0 Å². The largest absolute Gasteiger partial charge is 0.496 e. The predicted molar refractivity (Wildman–Crippen MR) is 99.7 cm³/mol. The van der Waals surface area contributed by atoms with Crippen LogP contribution >= 0.6 is 11.6 Å². The minimum Gasteiger partial charge on any atom is -0.496 e. The molecule has 140 valence electrons. The maximum Gasteiger partial charge on any atom is 0.255 e. The molecule has 0 saturated carbocycles. The van der Waals surface area contributed by atoms with Crippen LogP contribution in [0.25, 0.3) is 0 Å². The molecule has 0 aliphatic rings. The van der Waals surface area contributed by atoms with E-state index in [2.05, 4.69) is 5.32 Å². The fourth-order valence-electron chi connectivity index (χ4n) is 2.43. The lowest BCUT2D eigenvalue weighted by atomic mass is 10.1. The molecule has 0 spiro atoms. The van der Waals surface area contributed by atoms with E-state index >= 15 is 0 Å². The maximum atomic E-state index is 12.5. The molecule has 8 heteroatoms. The van der Waals surface area contributed by atoms with Crippen LogP contribution in [0.5, 0.6) is 23.0 Å². The molecule has 0 aliphatic heterocycles. The van der Waals surface area contributed by atoms with Crippen molar-refractivity contribution in [2.45, 2.75) is 6.54 Å². The van der Waals surface area contributed by atoms with Gasteiger partial charge in [0.1, 0.15) is 5.75 Å². The number of carbonyl (C=O) groups excluding carboxylic acids is 1. The molecule has 2 rings (SSSR count). The Labute approximate surface area is 156 Å². The molecule has 7 nitrogen and oxygen atoms in total. The zero-order valence-corrected chi connectivity index (χ0v) is 15.8. The summed E-state index contributed by atoms with van der Waals surface area (Å²) in [5, 5.41) is 3.09. The third-order valence-corrected chi connectivity index (χ3v) is 4.07. The number of nitrogens with one attached hydrogen (secondary N) is 1. The average Bonchev–Trinajstić information content (AvgIpc) is 2.66. The van der Waals surface area contributed by atoms with E-state index in [1.807, 2.05) is 0 Å². The van der Waals surface area contributed by atoms with Crippen LogP contribution in [0.15, 0.2) is 24.3 Å². The monoisotopic (exact) mass is 380 g/mol. The van der Waals surface area contributed by atoms with Gasteiger partial charge in [-0.3, -0.25) is 4.79 Å². The molecular formula is C18H21ClN2O5. The van der Waals surface area contributed by atoms with Crippen molar-refractivity contribution in [3.8, 4) is 23.0 Å². The number of halogens is 1. The van der Waals surface area contributed by atoms with Crippen molar-refractivity contribution in [2.75, 3.05) is 34.2 Å². The molecule has 26 heavy (non-hydrogen) atoms. The summed E-state index contributed by atoms with van der Waals surface area (Å²) in [5.41, 5.74) is 7.14. The second-order valence-corrected chi connectivity index (χ2v) is 5.70.